The molecule has 0 bridgehead atoms. The Morgan fingerprint density at radius 3 is 2.32 bits per heavy atom. The highest BCUT2D eigenvalue weighted by Crippen LogP contribution is 2.38. The second-order valence-corrected chi connectivity index (χ2v) is 9.11. The van der Waals surface area contributed by atoms with E-state index in [2.05, 4.69) is 38.2 Å². The molecule has 7 nitrogen and oxygen atoms in total. The van der Waals surface area contributed by atoms with Crippen LogP contribution in [0.5, 0.6) is 11.5 Å². The lowest BCUT2D eigenvalue weighted by Crippen LogP contribution is -2.12. The molecule has 0 aromatic heterocycles. The molecule has 31 heavy (non-hydrogen) atoms. The predicted octanol–water partition coefficient (Wildman–Crippen LogP) is 4.78. The summed E-state index contributed by atoms with van der Waals surface area (Å²) in [6.07, 6.45) is 10.3. The van der Waals surface area contributed by atoms with Gasteiger partial charge in [0.15, 0.2) is 5.75 Å². The van der Waals surface area contributed by atoms with Crippen LogP contribution in [0, 0.1) is 0 Å². The summed E-state index contributed by atoms with van der Waals surface area (Å²) in [5.74, 6) is -0.890. The van der Waals surface area contributed by atoms with E-state index in [0.29, 0.717) is 5.56 Å². The first-order valence-corrected chi connectivity index (χ1v) is 11.6. The van der Waals surface area contributed by atoms with Crippen molar-refractivity contribution in [3.05, 3.63) is 57.7 Å². The highest BCUT2D eigenvalue weighted by Gasteiger charge is 2.29. The Balaban J connectivity index is 2.12. The number of hydrogen-bond donors (Lipinski definition) is 3. The zero-order valence-electron chi connectivity index (χ0n) is 18.5. The molecule has 8 heteroatoms. The van der Waals surface area contributed by atoms with Crippen molar-refractivity contribution < 1.29 is 27.1 Å². The van der Waals surface area contributed by atoms with Gasteiger partial charge in [-0.2, -0.15) is 8.42 Å². The fourth-order valence-corrected chi connectivity index (χ4v) is 3.80. The molecule has 2 rings (SSSR count). The van der Waals surface area contributed by atoms with Crippen molar-refractivity contribution in [1.29, 1.82) is 0 Å². The summed E-state index contributed by atoms with van der Waals surface area (Å²) >= 11 is 0. The van der Waals surface area contributed by atoms with E-state index in [9.17, 15) is 18.3 Å². The predicted molar refractivity (Wildman–Crippen MR) is 121 cm³/mol. The minimum atomic E-state index is -4.81. The van der Waals surface area contributed by atoms with E-state index in [1.54, 1.807) is 0 Å². The van der Waals surface area contributed by atoms with Crippen molar-refractivity contribution in [1.82, 2.24) is 5.32 Å². The summed E-state index contributed by atoms with van der Waals surface area (Å²) in [4.78, 5) is 11.9. The topological polar surface area (TPSA) is 113 Å². The molecule has 0 saturated carbocycles. The van der Waals surface area contributed by atoms with Crippen molar-refractivity contribution in [2.24, 2.45) is 0 Å². The summed E-state index contributed by atoms with van der Waals surface area (Å²) < 4.78 is 36.5. The normalized spacial score (nSPS) is 14.3. The first kappa shape index (κ1) is 24.7. The van der Waals surface area contributed by atoms with E-state index in [-0.39, 0.29) is 35.6 Å². The summed E-state index contributed by atoms with van der Waals surface area (Å²) in [7, 11) is -4.81. The molecule has 1 amide bonds. The summed E-state index contributed by atoms with van der Waals surface area (Å²) in [5.41, 5.74) is 4.37. The zero-order chi connectivity index (χ0) is 23.2. The number of phenols is 1. The largest absolute Gasteiger partial charge is 0.507 e. The minimum Gasteiger partial charge on any atom is -0.507 e. The van der Waals surface area contributed by atoms with Gasteiger partial charge in [-0.3, -0.25) is 9.35 Å². The van der Waals surface area contributed by atoms with Gasteiger partial charge < -0.3 is 14.6 Å². The molecule has 0 unspecified atom stereocenters. The maximum Gasteiger partial charge on any atom is 0.446 e. The van der Waals surface area contributed by atoms with Crippen molar-refractivity contribution in [3.63, 3.8) is 0 Å². The fourth-order valence-electron chi connectivity index (χ4n) is 3.39. The van der Waals surface area contributed by atoms with Crippen LogP contribution in [0.1, 0.15) is 74.9 Å². The van der Waals surface area contributed by atoms with Crippen LogP contribution in [-0.2, 0) is 23.4 Å². The Bertz CT molecular complexity index is 1030. The number of hydrogen-bond acceptors (Lipinski definition) is 5. The van der Waals surface area contributed by atoms with Crippen molar-refractivity contribution in [3.8, 4) is 11.5 Å². The molecule has 0 spiro atoms. The standard InChI is InChI=1S/C23H31NO6S/c1-15(2)7-5-8-16(3)9-6-10-17(4)11-12-18-21(25)13-19-20(14-24-23(19)26)22(18)30-31(27,28)29/h7,9,11,13,25H,5-6,8,10,12,14H2,1-4H3,(H,24,26)(H,27,28,29)/b16-9-,17-11-. The van der Waals surface area contributed by atoms with Crippen LogP contribution in [0.25, 0.3) is 0 Å². The Hall–Kier alpha value is -2.58. The lowest BCUT2D eigenvalue weighted by molar-refractivity contribution is 0.0965. The molecule has 0 saturated heterocycles. The van der Waals surface area contributed by atoms with Gasteiger partial charge in [-0.05, 0) is 65.9 Å². The number of carbonyl (C=O) groups excluding carboxylic acids is 1. The van der Waals surface area contributed by atoms with Crippen LogP contribution in [0.15, 0.2) is 41.0 Å². The Morgan fingerprint density at radius 1 is 1.10 bits per heavy atom. The van der Waals surface area contributed by atoms with Crippen LogP contribution in [0.3, 0.4) is 0 Å². The Morgan fingerprint density at radius 2 is 1.71 bits per heavy atom. The SMILES string of the molecule is CC(C)=CCC/C(C)=C\CC/C(C)=C\Cc1c(O)cc2c(c1OS(=O)(=O)O)CNC2=O. The third kappa shape index (κ3) is 7.56. The molecule has 0 atom stereocenters. The molecule has 0 fully saturated rings. The van der Waals surface area contributed by atoms with Gasteiger partial charge in [-0.25, -0.2) is 0 Å². The molecule has 1 aromatic rings. The number of benzene rings is 1. The molecular weight excluding hydrogens is 418 g/mol. The van der Waals surface area contributed by atoms with Crippen LogP contribution in [-0.4, -0.2) is 24.0 Å². The number of nitrogens with one attached hydrogen (secondary N) is 1. The monoisotopic (exact) mass is 449 g/mol. The smallest absolute Gasteiger partial charge is 0.446 e. The van der Waals surface area contributed by atoms with Crippen molar-refractivity contribution in [2.45, 2.75) is 66.3 Å². The second kappa shape index (κ2) is 10.6. The first-order chi connectivity index (χ1) is 14.5. The molecule has 1 heterocycles. The molecule has 170 valence electrons. The van der Waals surface area contributed by atoms with Crippen LogP contribution in [0.2, 0.25) is 0 Å². The van der Waals surface area contributed by atoms with Gasteiger partial charge in [0.05, 0.1) is 5.56 Å². The molecule has 1 aliphatic rings. The lowest BCUT2D eigenvalue weighted by Gasteiger charge is -2.13. The number of amides is 1. The van der Waals surface area contributed by atoms with E-state index < -0.39 is 16.3 Å². The fraction of sp³-hybridized carbons (Fsp3) is 0.435. The molecule has 0 radical (unpaired) electrons. The van der Waals surface area contributed by atoms with Crippen molar-refractivity contribution in [2.75, 3.05) is 0 Å². The zero-order valence-corrected chi connectivity index (χ0v) is 19.3. The van der Waals surface area contributed by atoms with Gasteiger partial charge >= 0.3 is 10.4 Å². The summed E-state index contributed by atoms with van der Waals surface area (Å²) in [6, 6.07) is 1.30. The van der Waals surface area contributed by atoms with Crippen molar-refractivity contribution >= 4 is 16.3 Å². The van der Waals surface area contributed by atoms with Gasteiger partial charge in [-0.15, -0.1) is 0 Å². The van der Waals surface area contributed by atoms with Crippen LogP contribution < -0.4 is 9.50 Å². The molecule has 0 aliphatic carbocycles. The van der Waals surface area contributed by atoms with Gasteiger partial charge in [0, 0.05) is 17.7 Å². The number of aromatic hydroxyl groups is 1. The highest BCUT2D eigenvalue weighted by molar-refractivity contribution is 7.81. The maximum atomic E-state index is 11.9. The third-order valence-corrected chi connectivity index (χ3v) is 5.48. The lowest BCUT2D eigenvalue weighted by atomic mass is 9.99. The molecule has 3 N–H and O–H groups in total. The van der Waals surface area contributed by atoms with E-state index in [4.69, 9.17) is 8.74 Å². The summed E-state index contributed by atoms with van der Waals surface area (Å²) in [5, 5.41) is 12.9. The van der Waals surface area contributed by atoms with Crippen LogP contribution >= 0.6 is 0 Å². The first-order valence-electron chi connectivity index (χ1n) is 10.3. The molecular formula is C23H31NO6S. The maximum absolute atomic E-state index is 11.9. The number of fused-ring (bicyclic) bond motifs is 1. The van der Waals surface area contributed by atoms with E-state index in [1.165, 1.54) is 17.2 Å². The van der Waals surface area contributed by atoms with Gasteiger partial charge in [0.25, 0.3) is 5.91 Å². The van der Waals surface area contributed by atoms with E-state index >= 15 is 0 Å². The number of carbonyl (C=O) groups is 1. The molecule has 1 aromatic carbocycles. The third-order valence-electron chi connectivity index (χ3n) is 5.10. The van der Waals surface area contributed by atoms with Gasteiger partial charge in [-0.1, -0.05) is 34.9 Å². The number of phenolic OH excluding ortho intramolecular Hbond substituents is 1. The average molecular weight is 450 g/mol. The van der Waals surface area contributed by atoms with Gasteiger partial charge in [0.1, 0.15) is 5.75 Å². The van der Waals surface area contributed by atoms with Gasteiger partial charge in [0.2, 0.25) is 0 Å². The number of rotatable bonds is 10. The number of allylic oxidation sites excluding steroid dienone is 6. The average Bonchev–Trinajstić information content (AvgIpc) is 3.00. The Labute approximate surface area is 184 Å². The Kier molecular flexibility index (Phi) is 8.47. The minimum absolute atomic E-state index is 0.0613. The summed E-state index contributed by atoms with van der Waals surface area (Å²) in [6.45, 7) is 8.32. The molecule has 1 aliphatic heterocycles. The van der Waals surface area contributed by atoms with E-state index in [0.717, 1.165) is 31.3 Å². The second-order valence-electron chi connectivity index (χ2n) is 8.09. The highest BCUT2D eigenvalue weighted by atomic mass is 32.3. The van der Waals surface area contributed by atoms with Crippen LogP contribution in [0.4, 0.5) is 0 Å². The van der Waals surface area contributed by atoms with E-state index in [1.807, 2.05) is 13.0 Å². The quantitative estimate of drug-likeness (QED) is 0.350.